The second-order valence-corrected chi connectivity index (χ2v) is 6.63. The average Bonchev–Trinajstić information content (AvgIpc) is 2.64. The van der Waals surface area contributed by atoms with E-state index in [1.165, 1.54) is 25.3 Å². The summed E-state index contributed by atoms with van der Waals surface area (Å²) in [5.41, 5.74) is 1.10. The van der Waals surface area contributed by atoms with E-state index in [1.807, 2.05) is 7.05 Å². The molecule has 5 nitrogen and oxygen atoms in total. The molecule has 1 amide bonds. The van der Waals surface area contributed by atoms with Crippen LogP contribution >= 0.6 is 11.6 Å². The molecule has 0 aromatic heterocycles. The van der Waals surface area contributed by atoms with Crippen molar-refractivity contribution in [3.63, 3.8) is 0 Å². The van der Waals surface area contributed by atoms with Crippen LogP contribution < -0.4 is 19.7 Å². The first-order valence-corrected chi connectivity index (χ1v) is 8.79. The van der Waals surface area contributed by atoms with Crippen molar-refractivity contribution < 1.29 is 32.3 Å². The molecule has 1 unspecified atom stereocenters. The molecule has 2 aromatic rings. The highest BCUT2D eigenvalue weighted by atomic mass is 35.5. The molecule has 0 saturated heterocycles. The molecule has 0 spiro atoms. The van der Waals surface area contributed by atoms with Gasteiger partial charge >= 0.3 is 6.61 Å². The monoisotopic (exact) mass is 417 g/mol. The first-order chi connectivity index (χ1) is 13.2. The van der Waals surface area contributed by atoms with Crippen LogP contribution in [0.4, 0.5) is 18.9 Å². The number of rotatable bonds is 8. The Balaban J connectivity index is 2.04. The Bertz CT molecular complexity index is 836. The number of quaternary nitrogens is 1. The fourth-order valence-corrected chi connectivity index (χ4v) is 2.76. The zero-order chi connectivity index (χ0) is 20.8. The van der Waals surface area contributed by atoms with E-state index in [9.17, 15) is 18.0 Å². The minimum Gasteiger partial charge on any atom is -0.493 e. The average molecular weight is 418 g/mol. The van der Waals surface area contributed by atoms with Crippen molar-refractivity contribution >= 4 is 23.2 Å². The number of benzene rings is 2. The Labute approximate surface area is 166 Å². The molecule has 2 aromatic carbocycles. The first kappa shape index (κ1) is 21.8. The topological polar surface area (TPSA) is 52.0 Å². The van der Waals surface area contributed by atoms with Crippen molar-refractivity contribution in [2.24, 2.45) is 0 Å². The molecule has 9 heteroatoms. The number of likely N-dealkylation sites (N-methyl/N-ethyl adjacent to an activating group) is 1. The summed E-state index contributed by atoms with van der Waals surface area (Å²) < 4.78 is 47.4. The molecule has 0 aliphatic rings. The lowest BCUT2D eigenvalue weighted by Crippen LogP contribution is -3.12. The van der Waals surface area contributed by atoms with Crippen molar-refractivity contribution in [3.05, 3.63) is 52.8 Å². The van der Waals surface area contributed by atoms with Crippen molar-refractivity contribution in [1.82, 2.24) is 0 Å². The Morgan fingerprint density at radius 1 is 1.21 bits per heavy atom. The van der Waals surface area contributed by atoms with Gasteiger partial charge in [-0.3, -0.25) is 4.79 Å². The third-order valence-corrected chi connectivity index (χ3v) is 4.56. The summed E-state index contributed by atoms with van der Waals surface area (Å²) >= 11 is 5.93. The predicted molar refractivity (Wildman–Crippen MR) is 99.7 cm³/mol. The van der Waals surface area contributed by atoms with Crippen LogP contribution in [0.25, 0.3) is 0 Å². The van der Waals surface area contributed by atoms with E-state index in [0.717, 1.165) is 16.5 Å². The summed E-state index contributed by atoms with van der Waals surface area (Å²) in [6.07, 6.45) is 0. The zero-order valence-corrected chi connectivity index (χ0v) is 16.3. The number of ether oxygens (including phenoxy) is 2. The SMILES string of the molecule is COc1cc(C[NH+](C)[C@@H](C)C(=O)Nc2ccc(F)cc2Cl)ccc1OC(F)F. The van der Waals surface area contributed by atoms with E-state index in [4.69, 9.17) is 16.3 Å². The van der Waals surface area contributed by atoms with Crippen LogP contribution in [0.1, 0.15) is 12.5 Å². The number of anilines is 1. The fourth-order valence-electron chi connectivity index (χ4n) is 2.55. The highest BCUT2D eigenvalue weighted by Crippen LogP contribution is 2.29. The lowest BCUT2D eigenvalue weighted by atomic mass is 10.1. The van der Waals surface area contributed by atoms with Crippen LogP contribution in [-0.2, 0) is 11.3 Å². The molecule has 0 heterocycles. The molecule has 2 atom stereocenters. The molecule has 152 valence electrons. The van der Waals surface area contributed by atoms with Gasteiger partial charge in [-0.25, -0.2) is 4.39 Å². The summed E-state index contributed by atoms with van der Waals surface area (Å²) in [4.78, 5) is 13.3. The van der Waals surface area contributed by atoms with Gasteiger partial charge in [0.2, 0.25) is 0 Å². The van der Waals surface area contributed by atoms with Crippen LogP contribution in [0.15, 0.2) is 36.4 Å². The molecule has 0 bridgehead atoms. The Kier molecular flexibility index (Phi) is 7.53. The standard InChI is InChI=1S/C19H20ClF3N2O3/c1-11(18(26)24-15-6-5-13(21)9-14(15)20)25(2)10-12-4-7-16(28-19(22)23)17(8-12)27-3/h4-9,11,19H,10H2,1-3H3,(H,24,26)/p+1/t11-/m0/s1. The molecule has 2 rings (SSSR count). The van der Waals surface area contributed by atoms with Crippen LogP contribution in [0.2, 0.25) is 5.02 Å². The predicted octanol–water partition coefficient (Wildman–Crippen LogP) is 3.13. The van der Waals surface area contributed by atoms with Crippen LogP contribution in [0, 0.1) is 5.82 Å². The maximum atomic E-state index is 13.1. The molecular weight excluding hydrogens is 397 g/mol. The maximum Gasteiger partial charge on any atom is 0.387 e. The van der Waals surface area contributed by atoms with Gasteiger partial charge in [-0.05, 0) is 43.3 Å². The van der Waals surface area contributed by atoms with Gasteiger partial charge in [-0.15, -0.1) is 0 Å². The van der Waals surface area contributed by atoms with E-state index < -0.39 is 18.5 Å². The van der Waals surface area contributed by atoms with Gasteiger partial charge in [-0.1, -0.05) is 11.6 Å². The van der Waals surface area contributed by atoms with Gasteiger partial charge in [0.15, 0.2) is 17.5 Å². The number of carbonyl (C=O) groups excluding carboxylic acids is 1. The third kappa shape index (κ3) is 5.77. The molecule has 0 saturated carbocycles. The molecule has 0 radical (unpaired) electrons. The summed E-state index contributed by atoms with van der Waals surface area (Å²) in [6, 6.07) is 7.87. The smallest absolute Gasteiger partial charge is 0.387 e. The number of halogens is 4. The van der Waals surface area contributed by atoms with E-state index in [0.29, 0.717) is 12.2 Å². The fraction of sp³-hybridized carbons (Fsp3) is 0.316. The summed E-state index contributed by atoms with van der Waals surface area (Å²) in [6.45, 7) is -0.792. The molecular formula is C19H21ClF3N2O3+. The van der Waals surface area contributed by atoms with Crippen LogP contribution in [0.5, 0.6) is 11.5 Å². The van der Waals surface area contributed by atoms with Crippen molar-refractivity contribution in [1.29, 1.82) is 0 Å². The van der Waals surface area contributed by atoms with Gasteiger partial charge in [0, 0.05) is 5.56 Å². The van der Waals surface area contributed by atoms with Crippen LogP contribution in [-0.4, -0.2) is 32.7 Å². The van der Waals surface area contributed by atoms with Crippen molar-refractivity contribution in [2.75, 3.05) is 19.5 Å². The number of nitrogens with one attached hydrogen (secondary N) is 2. The quantitative estimate of drug-likeness (QED) is 0.694. The summed E-state index contributed by atoms with van der Waals surface area (Å²) in [5.74, 6) is -0.668. The number of alkyl halides is 2. The largest absolute Gasteiger partial charge is 0.493 e. The van der Waals surface area contributed by atoms with Crippen molar-refractivity contribution in [3.8, 4) is 11.5 Å². The second-order valence-electron chi connectivity index (χ2n) is 6.22. The normalized spacial score (nSPS) is 13.1. The minimum absolute atomic E-state index is 0.0596. The third-order valence-electron chi connectivity index (χ3n) is 4.25. The second kappa shape index (κ2) is 9.66. The highest BCUT2D eigenvalue weighted by molar-refractivity contribution is 6.33. The molecule has 28 heavy (non-hydrogen) atoms. The number of hydrogen-bond donors (Lipinski definition) is 2. The lowest BCUT2D eigenvalue weighted by molar-refractivity contribution is -0.907. The van der Waals surface area contributed by atoms with E-state index >= 15 is 0 Å². The zero-order valence-electron chi connectivity index (χ0n) is 15.6. The summed E-state index contributed by atoms with van der Waals surface area (Å²) in [7, 11) is 3.17. The molecule has 0 aliphatic carbocycles. The minimum atomic E-state index is -2.95. The Morgan fingerprint density at radius 3 is 2.54 bits per heavy atom. The van der Waals surface area contributed by atoms with Gasteiger partial charge in [0.1, 0.15) is 12.4 Å². The number of amides is 1. The van der Waals surface area contributed by atoms with E-state index in [1.54, 1.807) is 19.1 Å². The van der Waals surface area contributed by atoms with E-state index in [-0.39, 0.29) is 22.4 Å². The van der Waals surface area contributed by atoms with Gasteiger partial charge in [0.05, 0.1) is 24.9 Å². The van der Waals surface area contributed by atoms with Crippen LogP contribution in [0.3, 0.4) is 0 Å². The van der Waals surface area contributed by atoms with Gasteiger partial charge in [0.25, 0.3) is 5.91 Å². The highest BCUT2D eigenvalue weighted by Gasteiger charge is 2.23. The van der Waals surface area contributed by atoms with Crippen molar-refractivity contribution in [2.45, 2.75) is 26.1 Å². The number of methoxy groups -OCH3 is 1. The van der Waals surface area contributed by atoms with Gasteiger partial charge < -0.3 is 19.7 Å². The number of carbonyl (C=O) groups is 1. The van der Waals surface area contributed by atoms with E-state index in [2.05, 4.69) is 10.1 Å². The first-order valence-electron chi connectivity index (χ1n) is 8.41. The lowest BCUT2D eigenvalue weighted by Gasteiger charge is -2.22. The van der Waals surface area contributed by atoms with Gasteiger partial charge in [-0.2, -0.15) is 8.78 Å². The Morgan fingerprint density at radius 2 is 1.93 bits per heavy atom. The Hall–Kier alpha value is -2.45. The molecule has 0 fully saturated rings. The summed E-state index contributed by atoms with van der Waals surface area (Å²) in [5, 5.41) is 2.78. The molecule has 2 N–H and O–H groups in total. The molecule has 0 aliphatic heterocycles. The number of hydrogen-bond acceptors (Lipinski definition) is 3. The maximum absolute atomic E-state index is 13.1.